The van der Waals surface area contributed by atoms with Gasteiger partial charge in [-0.2, -0.15) is 0 Å². The second-order valence-corrected chi connectivity index (χ2v) is 14.5. The normalized spacial score (nSPS) is 38.6. The first-order valence-electron chi connectivity index (χ1n) is 16.1. The first-order chi connectivity index (χ1) is 17.2. The van der Waals surface area contributed by atoms with E-state index in [4.69, 9.17) is 4.74 Å². The molecule has 3 fully saturated rings. The fourth-order valence-electron chi connectivity index (χ4n) is 9.69. The lowest BCUT2D eigenvalue weighted by Crippen LogP contribution is -2.51. The number of allylic oxidation sites excluding steroid dienone is 1. The Morgan fingerprint density at radius 1 is 0.972 bits per heavy atom. The van der Waals surface area contributed by atoms with Gasteiger partial charge in [-0.1, -0.05) is 91.7 Å². The van der Waals surface area contributed by atoms with E-state index in [9.17, 15) is 4.79 Å². The van der Waals surface area contributed by atoms with Gasteiger partial charge in [0.05, 0.1) is 0 Å². The molecule has 2 nitrogen and oxygen atoms in total. The van der Waals surface area contributed by atoms with Crippen molar-refractivity contribution in [1.29, 1.82) is 0 Å². The van der Waals surface area contributed by atoms with E-state index in [1.807, 2.05) is 0 Å². The van der Waals surface area contributed by atoms with Crippen LogP contribution in [0.15, 0.2) is 11.6 Å². The Kier molecular flexibility index (Phi) is 9.36. The third kappa shape index (κ3) is 5.78. The van der Waals surface area contributed by atoms with Gasteiger partial charge in [0.25, 0.3) is 0 Å². The van der Waals surface area contributed by atoms with E-state index >= 15 is 0 Å². The molecule has 2 heteroatoms. The molecule has 0 aromatic rings. The number of carbonyl (C=O) groups is 1. The zero-order valence-electron chi connectivity index (χ0n) is 24.7. The van der Waals surface area contributed by atoms with Gasteiger partial charge in [0.15, 0.2) is 0 Å². The molecule has 4 aliphatic rings. The summed E-state index contributed by atoms with van der Waals surface area (Å²) in [5, 5.41) is 0. The van der Waals surface area contributed by atoms with Crippen molar-refractivity contribution in [1.82, 2.24) is 0 Å². The molecule has 0 aromatic heterocycles. The van der Waals surface area contributed by atoms with Crippen molar-refractivity contribution in [3.05, 3.63) is 11.6 Å². The third-order valence-corrected chi connectivity index (χ3v) is 11.8. The molecule has 0 heterocycles. The van der Waals surface area contributed by atoms with Crippen molar-refractivity contribution in [2.45, 2.75) is 150 Å². The quantitative estimate of drug-likeness (QED) is 0.161. The molecule has 36 heavy (non-hydrogen) atoms. The molecular weight excluding hydrogens is 440 g/mol. The smallest absolute Gasteiger partial charge is 0.306 e. The summed E-state index contributed by atoms with van der Waals surface area (Å²) in [6, 6.07) is 0. The molecule has 206 valence electrons. The molecule has 8 atom stereocenters. The van der Waals surface area contributed by atoms with E-state index in [2.05, 4.69) is 47.6 Å². The summed E-state index contributed by atoms with van der Waals surface area (Å²) in [4.78, 5) is 12.4. The van der Waals surface area contributed by atoms with Crippen LogP contribution < -0.4 is 0 Å². The van der Waals surface area contributed by atoms with Gasteiger partial charge in [0.1, 0.15) is 6.10 Å². The van der Waals surface area contributed by atoms with Crippen LogP contribution in [0.1, 0.15) is 144 Å². The van der Waals surface area contributed by atoms with E-state index in [0.717, 1.165) is 61.2 Å². The van der Waals surface area contributed by atoms with Gasteiger partial charge in [-0.05, 0) is 97.7 Å². The molecule has 3 saturated carbocycles. The number of ether oxygens (including phenoxy) is 1. The summed E-state index contributed by atoms with van der Waals surface area (Å²) in [5.41, 5.74) is 2.54. The van der Waals surface area contributed by atoms with Gasteiger partial charge in [0.2, 0.25) is 0 Å². The molecule has 0 spiro atoms. The number of fused-ring (bicyclic) bond motifs is 5. The van der Waals surface area contributed by atoms with Gasteiger partial charge < -0.3 is 4.74 Å². The molecule has 4 rings (SSSR count). The number of rotatable bonds is 11. The van der Waals surface area contributed by atoms with E-state index in [-0.39, 0.29) is 12.1 Å². The van der Waals surface area contributed by atoms with E-state index in [0.29, 0.717) is 17.3 Å². The fraction of sp³-hybridized carbons (Fsp3) is 0.912. The van der Waals surface area contributed by atoms with Crippen LogP contribution >= 0.6 is 0 Å². The Morgan fingerprint density at radius 2 is 1.78 bits per heavy atom. The summed E-state index contributed by atoms with van der Waals surface area (Å²) in [6.07, 6.45) is 22.5. The van der Waals surface area contributed by atoms with Gasteiger partial charge in [-0.25, -0.2) is 0 Å². The summed E-state index contributed by atoms with van der Waals surface area (Å²) in [6.45, 7) is 14.8. The highest BCUT2D eigenvalue weighted by atomic mass is 16.5. The number of unbranched alkanes of at least 4 members (excludes halogenated alkanes) is 3. The lowest BCUT2D eigenvalue weighted by Gasteiger charge is -2.58. The van der Waals surface area contributed by atoms with Crippen molar-refractivity contribution in [2.24, 2.45) is 46.3 Å². The van der Waals surface area contributed by atoms with Crippen LogP contribution in [-0.2, 0) is 9.53 Å². The van der Waals surface area contributed by atoms with E-state index < -0.39 is 0 Å². The molecule has 0 aliphatic heterocycles. The summed E-state index contributed by atoms with van der Waals surface area (Å²) in [7, 11) is 0. The second kappa shape index (κ2) is 11.9. The van der Waals surface area contributed by atoms with Crippen LogP contribution in [0.4, 0.5) is 0 Å². The minimum atomic E-state index is 0.0435. The van der Waals surface area contributed by atoms with Gasteiger partial charge >= 0.3 is 5.97 Å². The minimum absolute atomic E-state index is 0.0435. The van der Waals surface area contributed by atoms with Crippen LogP contribution in [0.2, 0.25) is 0 Å². The second-order valence-electron chi connectivity index (χ2n) is 14.5. The maximum absolute atomic E-state index is 12.4. The first-order valence-corrected chi connectivity index (χ1v) is 16.1. The largest absolute Gasteiger partial charge is 0.462 e. The van der Waals surface area contributed by atoms with Crippen LogP contribution in [0, 0.1) is 46.3 Å². The average Bonchev–Trinajstić information content (AvgIpc) is 3.19. The maximum Gasteiger partial charge on any atom is 0.306 e. The number of hydrogen-bond acceptors (Lipinski definition) is 2. The standard InChI is InChI=1S/C34H58O2/c1-7-8-9-10-14-32(35)36-27-19-21-33(5)26(23-27)15-16-28-30-18-17-29(25(4)13-11-12-24(2)3)34(30,6)22-20-31(28)33/h15,24-25,27-31H,7-14,16-23H2,1-6H3/t25-,27-,28+,29-,30+,31+,33-,34+/m0/s1. The van der Waals surface area contributed by atoms with Gasteiger partial charge in [-0.3, -0.25) is 4.79 Å². The van der Waals surface area contributed by atoms with Crippen molar-refractivity contribution < 1.29 is 9.53 Å². The molecule has 0 saturated heterocycles. The minimum Gasteiger partial charge on any atom is -0.462 e. The molecule has 0 bridgehead atoms. The Morgan fingerprint density at radius 3 is 2.53 bits per heavy atom. The zero-order valence-corrected chi connectivity index (χ0v) is 24.7. The molecule has 0 aromatic carbocycles. The van der Waals surface area contributed by atoms with Crippen LogP contribution in [0.25, 0.3) is 0 Å². The van der Waals surface area contributed by atoms with Crippen molar-refractivity contribution in [2.75, 3.05) is 0 Å². The maximum atomic E-state index is 12.4. The fourth-order valence-corrected chi connectivity index (χ4v) is 9.69. The highest BCUT2D eigenvalue weighted by Gasteiger charge is 2.59. The third-order valence-electron chi connectivity index (χ3n) is 11.8. The van der Waals surface area contributed by atoms with Crippen LogP contribution in [0.5, 0.6) is 0 Å². The Hall–Kier alpha value is -0.790. The van der Waals surface area contributed by atoms with Gasteiger partial charge in [-0.15, -0.1) is 0 Å². The topological polar surface area (TPSA) is 26.3 Å². The molecule has 4 aliphatic carbocycles. The Bertz CT molecular complexity index is 767. The highest BCUT2D eigenvalue weighted by molar-refractivity contribution is 5.69. The summed E-state index contributed by atoms with van der Waals surface area (Å²) >= 11 is 0. The average molecular weight is 499 g/mol. The lowest BCUT2D eigenvalue weighted by atomic mass is 9.47. The van der Waals surface area contributed by atoms with Crippen LogP contribution in [0.3, 0.4) is 0 Å². The first kappa shape index (κ1) is 28.2. The van der Waals surface area contributed by atoms with Crippen LogP contribution in [-0.4, -0.2) is 12.1 Å². The molecular formula is C34H58O2. The number of hydrogen-bond donors (Lipinski definition) is 0. The van der Waals surface area contributed by atoms with Gasteiger partial charge in [0, 0.05) is 12.8 Å². The van der Waals surface area contributed by atoms with Crippen molar-refractivity contribution in [3.63, 3.8) is 0 Å². The zero-order chi connectivity index (χ0) is 25.9. The predicted molar refractivity (Wildman–Crippen MR) is 152 cm³/mol. The summed E-state index contributed by atoms with van der Waals surface area (Å²) in [5.74, 6) is 5.34. The Balaban J connectivity index is 1.36. The summed E-state index contributed by atoms with van der Waals surface area (Å²) < 4.78 is 5.99. The monoisotopic (exact) mass is 498 g/mol. The van der Waals surface area contributed by atoms with E-state index in [1.165, 1.54) is 70.6 Å². The lowest BCUT2D eigenvalue weighted by molar-refractivity contribution is -0.151. The molecule has 0 N–H and O–H groups in total. The molecule has 0 unspecified atom stereocenters. The Labute approximate surface area is 223 Å². The number of esters is 1. The predicted octanol–water partition coefficient (Wildman–Crippen LogP) is 9.91. The van der Waals surface area contributed by atoms with Crippen molar-refractivity contribution >= 4 is 5.97 Å². The molecule has 0 amide bonds. The SMILES string of the molecule is CCCCCCC(=O)O[C@H]1CC[C@@]2(C)C(=CC[C@@H]3[C@H]4CC[C@@H]([C@@H](C)CCCC(C)C)[C@@]4(C)CC[C@H]32)C1. The molecule has 0 radical (unpaired) electrons. The highest BCUT2D eigenvalue weighted by Crippen LogP contribution is 2.67. The van der Waals surface area contributed by atoms with E-state index in [1.54, 1.807) is 5.57 Å². The van der Waals surface area contributed by atoms with Crippen molar-refractivity contribution in [3.8, 4) is 0 Å². The number of carbonyl (C=O) groups excluding carboxylic acids is 1.